The molecule has 0 aromatic heterocycles. The predicted molar refractivity (Wildman–Crippen MR) is 83.0 cm³/mol. The molecule has 1 aromatic carbocycles. The lowest BCUT2D eigenvalue weighted by Gasteiger charge is -2.12. The first-order valence-corrected chi connectivity index (χ1v) is 7.15. The molecule has 1 saturated heterocycles. The highest BCUT2D eigenvalue weighted by Crippen LogP contribution is 2.18. The number of nitrogens with one attached hydrogen (secondary N) is 2. The van der Waals surface area contributed by atoms with Crippen molar-refractivity contribution in [3.63, 3.8) is 0 Å². The zero-order chi connectivity index (χ0) is 15.2. The molecule has 1 aromatic rings. The first-order chi connectivity index (χ1) is 10.1. The number of thiocarbonyl (C=S) groups is 1. The number of aromatic hydroxyl groups is 1. The van der Waals surface area contributed by atoms with Crippen molar-refractivity contribution in [3.8, 4) is 5.75 Å². The van der Waals surface area contributed by atoms with Crippen molar-refractivity contribution in [3.05, 3.63) is 29.6 Å². The Hall–Kier alpha value is -1.73. The molecule has 21 heavy (non-hydrogen) atoms. The molecule has 1 heterocycles. The Morgan fingerprint density at radius 2 is 2.38 bits per heavy atom. The van der Waals surface area contributed by atoms with Gasteiger partial charge in [-0.1, -0.05) is 0 Å². The summed E-state index contributed by atoms with van der Waals surface area (Å²) in [7, 11) is 0. The molecule has 1 aliphatic rings. The van der Waals surface area contributed by atoms with Crippen LogP contribution in [0.25, 0.3) is 0 Å². The molecule has 0 radical (unpaired) electrons. The summed E-state index contributed by atoms with van der Waals surface area (Å²) in [5.74, 6) is -0.464. The summed E-state index contributed by atoms with van der Waals surface area (Å²) in [6.07, 6.45) is 2.28. The van der Waals surface area contributed by atoms with Crippen molar-refractivity contribution in [1.29, 1.82) is 0 Å². The van der Waals surface area contributed by atoms with Gasteiger partial charge in [-0.05, 0) is 50.2 Å². The third kappa shape index (κ3) is 4.64. The minimum Gasteiger partial charge on any atom is -0.507 e. The fraction of sp³-hybridized carbons (Fsp3) is 0.429. The van der Waals surface area contributed by atoms with Gasteiger partial charge in [0.05, 0.1) is 11.8 Å². The van der Waals surface area contributed by atoms with Gasteiger partial charge in [0.2, 0.25) is 0 Å². The van der Waals surface area contributed by atoms with Gasteiger partial charge >= 0.3 is 0 Å². The molecule has 0 bridgehead atoms. The Morgan fingerprint density at radius 1 is 1.57 bits per heavy atom. The van der Waals surface area contributed by atoms with Crippen LogP contribution >= 0.6 is 12.2 Å². The SMILES string of the molecule is C/C(=N\NC(=S)NC[C@@H]1CCCO1)c1cc(F)ccc1O. The maximum Gasteiger partial charge on any atom is 0.187 e. The number of hydrazone groups is 1. The van der Waals surface area contributed by atoms with Crippen molar-refractivity contribution in [2.45, 2.75) is 25.9 Å². The summed E-state index contributed by atoms with van der Waals surface area (Å²) in [6.45, 7) is 3.08. The molecule has 7 heteroatoms. The van der Waals surface area contributed by atoms with Gasteiger partial charge in [-0.2, -0.15) is 5.10 Å². The van der Waals surface area contributed by atoms with E-state index in [9.17, 15) is 9.50 Å². The molecule has 114 valence electrons. The number of hydrogen-bond donors (Lipinski definition) is 3. The number of hydrogen-bond acceptors (Lipinski definition) is 4. The van der Waals surface area contributed by atoms with E-state index in [0.29, 0.717) is 22.9 Å². The zero-order valence-corrected chi connectivity index (χ0v) is 12.5. The molecule has 0 unspecified atom stereocenters. The van der Waals surface area contributed by atoms with Crippen LogP contribution in [0.15, 0.2) is 23.3 Å². The number of phenolic OH excluding ortho intramolecular Hbond substituents is 1. The van der Waals surface area contributed by atoms with Gasteiger partial charge in [-0.15, -0.1) is 0 Å². The Balaban J connectivity index is 1.87. The fourth-order valence-corrected chi connectivity index (χ4v) is 2.17. The molecule has 3 N–H and O–H groups in total. The van der Waals surface area contributed by atoms with Crippen molar-refractivity contribution in [2.24, 2.45) is 5.10 Å². The largest absolute Gasteiger partial charge is 0.507 e. The van der Waals surface area contributed by atoms with E-state index in [1.807, 2.05) is 0 Å². The van der Waals surface area contributed by atoms with Crippen LogP contribution in [-0.2, 0) is 4.74 Å². The summed E-state index contributed by atoms with van der Waals surface area (Å²) in [5, 5.41) is 17.1. The summed E-state index contributed by atoms with van der Waals surface area (Å²) >= 11 is 5.09. The third-order valence-corrected chi connectivity index (χ3v) is 3.42. The number of benzene rings is 1. The number of ether oxygens (including phenoxy) is 1. The highest BCUT2D eigenvalue weighted by molar-refractivity contribution is 7.80. The number of nitrogens with zero attached hydrogens (tertiary/aromatic N) is 1. The van der Waals surface area contributed by atoms with Crippen LogP contribution in [0.2, 0.25) is 0 Å². The van der Waals surface area contributed by atoms with E-state index in [-0.39, 0.29) is 11.9 Å². The summed E-state index contributed by atoms with van der Waals surface area (Å²) in [5.41, 5.74) is 3.43. The molecule has 1 aliphatic heterocycles. The Bertz CT molecular complexity index is 545. The number of halogens is 1. The molecule has 0 spiro atoms. The average Bonchev–Trinajstić information content (AvgIpc) is 2.98. The van der Waals surface area contributed by atoms with Crippen LogP contribution in [0, 0.1) is 5.82 Å². The molecular formula is C14H18FN3O2S. The van der Waals surface area contributed by atoms with Gasteiger partial charge < -0.3 is 15.2 Å². The second-order valence-corrected chi connectivity index (χ2v) is 5.22. The molecule has 2 rings (SSSR count). The number of rotatable bonds is 4. The second-order valence-electron chi connectivity index (χ2n) is 4.82. The molecule has 1 fully saturated rings. The third-order valence-electron chi connectivity index (χ3n) is 3.19. The molecule has 0 amide bonds. The van der Waals surface area contributed by atoms with Crippen molar-refractivity contribution >= 4 is 23.0 Å². The average molecular weight is 311 g/mol. The van der Waals surface area contributed by atoms with E-state index in [4.69, 9.17) is 17.0 Å². The van der Waals surface area contributed by atoms with Gasteiger partial charge in [0, 0.05) is 18.7 Å². The lowest BCUT2D eigenvalue weighted by atomic mass is 10.1. The fourth-order valence-electron chi connectivity index (χ4n) is 2.04. The first kappa shape index (κ1) is 15.7. The smallest absolute Gasteiger partial charge is 0.187 e. The Kier molecular flexibility index (Phi) is 5.46. The molecule has 0 aliphatic carbocycles. The van der Waals surface area contributed by atoms with E-state index in [0.717, 1.165) is 19.4 Å². The molecular weight excluding hydrogens is 293 g/mol. The maximum absolute atomic E-state index is 13.2. The maximum atomic E-state index is 13.2. The van der Waals surface area contributed by atoms with Crippen LogP contribution in [-0.4, -0.2) is 35.2 Å². The van der Waals surface area contributed by atoms with Crippen molar-refractivity contribution in [2.75, 3.05) is 13.2 Å². The van der Waals surface area contributed by atoms with Gasteiger partial charge in [-0.25, -0.2) is 4.39 Å². The summed E-state index contributed by atoms with van der Waals surface area (Å²) in [6, 6.07) is 3.70. The van der Waals surface area contributed by atoms with Crippen LogP contribution < -0.4 is 10.7 Å². The predicted octanol–water partition coefficient (Wildman–Crippen LogP) is 1.90. The lowest BCUT2D eigenvalue weighted by molar-refractivity contribution is 0.114. The second kappa shape index (κ2) is 7.33. The van der Waals surface area contributed by atoms with Gasteiger partial charge in [0.15, 0.2) is 5.11 Å². The Labute approximate surface area is 128 Å². The highest BCUT2D eigenvalue weighted by Gasteiger charge is 2.15. The highest BCUT2D eigenvalue weighted by atomic mass is 32.1. The van der Waals surface area contributed by atoms with Gasteiger partial charge in [0.1, 0.15) is 11.6 Å². The van der Waals surface area contributed by atoms with Crippen molar-refractivity contribution in [1.82, 2.24) is 10.7 Å². The van der Waals surface area contributed by atoms with Crippen LogP contribution in [0.3, 0.4) is 0 Å². The minimum absolute atomic E-state index is 0.0299. The Morgan fingerprint density at radius 3 is 3.10 bits per heavy atom. The monoisotopic (exact) mass is 311 g/mol. The normalized spacial score (nSPS) is 18.6. The van der Waals surface area contributed by atoms with E-state index in [1.54, 1.807) is 6.92 Å². The van der Waals surface area contributed by atoms with E-state index < -0.39 is 5.82 Å². The lowest BCUT2D eigenvalue weighted by Crippen LogP contribution is -2.37. The summed E-state index contributed by atoms with van der Waals surface area (Å²) in [4.78, 5) is 0. The first-order valence-electron chi connectivity index (χ1n) is 6.75. The van der Waals surface area contributed by atoms with Crippen LogP contribution in [0.5, 0.6) is 5.75 Å². The van der Waals surface area contributed by atoms with Gasteiger partial charge in [0.25, 0.3) is 0 Å². The van der Waals surface area contributed by atoms with E-state index in [1.165, 1.54) is 18.2 Å². The van der Waals surface area contributed by atoms with E-state index in [2.05, 4.69) is 15.8 Å². The standard InChI is InChI=1S/C14H18FN3O2S/c1-9(12-7-10(15)4-5-13(12)19)17-18-14(21)16-8-11-3-2-6-20-11/h4-5,7,11,19H,2-3,6,8H2,1H3,(H2,16,18,21)/b17-9+/t11-/m0/s1. The van der Waals surface area contributed by atoms with Crippen LogP contribution in [0.1, 0.15) is 25.3 Å². The molecule has 5 nitrogen and oxygen atoms in total. The minimum atomic E-state index is -0.434. The quantitative estimate of drug-likeness (QED) is 0.450. The topological polar surface area (TPSA) is 65.9 Å². The van der Waals surface area contributed by atoms with Crippen LogP contribution in [0.4, 0.5) is 4.39 Å². The molecule has 1 atom stereocenters. The number of phenols is 1. The molecule has 0 saturated carbocycles. The van der Waals surface area contributed by atoms with Gasteiger partial charge in [-0.3, -0.25) is 5.43 Å². The van der Waals surface area contributed by atoms with E-state index >= 15 is 0 Å². The zero-order valence-electron chi connectivity index (χ0n) is 11.7. The van der Waals surface area contributed by atoms with Crippen molar-refractivity contribution < 1.29 is 14.2 Å². The summed E-state index contributed by atoms with van der Waals surface area (Å²) < 4.78 is 18.6.